The summed E-state index contributed by atoms with van der Waals surface area (Å²) >= 11 is 0. The Morgan fingerprint density at radius 1 is 1.40 bits per heavy atom. The smallest absolute Gasteiger partial charge is 0.310 e. The van der Waals surface area contributed by atoms with Crippen LogP contribution >= 0.6 is 0 Å². The highest BCUT2D eigenvalue weighted by atomic mass is 28.4. The van der Waals surface area contributed by atoms with E-state index in [-0.39, 0.29) is 17.4 Å². The summed E-state index contributed by atoms with van der Waals surface area (Å²) in [7, 11) is -0.586. The molecule has 144 valence electrons. The van der Waals surface area contributed by atoms with Gasteiger partial charge in [0, 0.05) is 20.0 Å². The van der Waals surface area contributed by atoms with E-state index in [1.165, 1.54) is 0 Å². The van der Waals surface area contributed by atoms with E-state index in [4.69, 9.17) is 18.6 Å². The Bertz CT molecular complexity index is 550. The van der Waals surface area contributed by atoms with Gasteiger partial charge in [0.1, 0.15) is 17.5 Å². The van der Waals surface area contributed by atoms with Crippen LogP contribution in [0.2, 0.25) is 18.1 Å². The van der Waals surface area contributed by atoms with Crippen molar-refractivity contribution in [2.24, 2.45) is 0 Å². The second-order valence-electron chi connectivity index (χ2n) is 8.48. The van der Waals surface area contributed by atoms with Gasteiger partial charge in [0.2, 0.25) is 8.32 Å². The van der Waals surface area contributed by atoms with Crippen LogP contribution in [0, 0.1) is 0 Å². The lowest BCUT2D eigenvalue weighted by Gasteiger charge is -2.38. The first kappa shape index (κ1) is 20.4. The van der Waals surface area contributed by atoms with E-state index in [9.17, 15) is 9.90 Å². The van der Waals surface area contributed by atoms with Gasteiger partial charge in [-0.15, -0.1) is 0 Å². The van der Waals surface area contributed by atoms with Gasteiger partial charge in [-0.2, -0.15) is 0 Å². The summed E-state index contributed by atoms with van der Waals surface area (Å²) in [5.41, 5.74) is -0.300. The quantitative estimate of drug-likeness (QED) is 0.570. The summed E-state index contributed by atoms with van der Waals surface area (Å²) in [5.74, 6) is 0.308. The number of fused-ring (bicyclic) bond motifs is 1. The number of aliphatic hydroxyl groups is 1. The molecule has 3 atom stereocenters. The topological polar surface area (TPSA) is 74.2 Å². The van der Waals surface area contributed by atoms with Gasteiger partial charge in [0.05, 0.1) is 13.0 Å². The van der Waals surface area contributed by atoms with Gasteiger partial charge >= 0.3 is 5.97 Å². The van der Waals surface area contributed by atoms with Crippen molar-refractivity contribution in [3.8, 4) is 0 Å². The molecule has 0 bridgehead atoms. The van der Waals surface area contributed by atoms with E-state index >= 15 is 0 Å². The van der Waals surface area contributed by atoms with Gasteiger partial charge in [0.15, 0.2) is 6.29 Å². The van der Waals surface area contributed by atoms with Crippen LogP contribution in [-0.4, -0.2) is 51.1 Å². The summed E-state index contributed by atoms with van der Waals surface area (Å²) in [5, 5.41) is 11.0. The predicted octanol–water partition coefficient (Wildman–Crippen LogP) is 3.11. The zero-order valence-corrected chi connectivity index (χ0v) is 17.5. The number of rotatable bonds is 6. The maximum atomic E-state index is 12.0. The van der Waals surface area contributed by atoms with Crippen molar-refractivity contribution in [2.75, 3.05) is 13.7 Å². The van der Waals surface area contributed by atoms with Gasteiger partial charge in [-0.05, 0) is 30.6 Å². The Labute approximate surface area is 151 Å². The molecule has 1 aliphatic heterocycles. The number of carbonyl (C=O) groups excluding carboxylic acids is 1. The van der Waals surface area contributed by atoms with E-state index in [0.717, 1.165) is 5.57 Å². The zero-order chi connectivity index (χ0) is 19.0. The lowest BCUT2D eigenvalue weighted by Crippen LogP contribution is -2.43. The standard InChI is InChI=1S/C18H32O6Si/c1-8-22-13(19)9-12-10-18(20)11-14(21-5)23-16(18)15(12)24-25(6,7)17(2,3)4/h14,16,20H,8-11H2,1-7H3/t14-,16?,18+/m1/s1. The second-order valence-corrected chi connectivity index (χ2v) is 13.2. The highest BCUT2D eigenvalue weighted by molar-refractivity contribution is 6.74. The van der Waals surface area contributed by atoms with Gasteiger partial charge in [0.25, 0.3) is 0 Å². The van der Waals surface area contributed by atoms with Crippen LogP contribution in [0.4, 0.5) is 0 Å². The summed E-state index contributed by atoms with van der Waals surface area (Å²) in [6.45, 7) is 12.9. The molecule has 0 aromatic rings. The van der Waals surface area contributed by atoms with Gasteiger partial charge in [-0.1, -0.05) is 20.8 Å². The van der Waals surface area contributed by atoms with Crippen molar-refractivity contribution in [2.45, 2.75) is 83.1 Å². The Kier molecular flexibility index (Phi) is 5.73. The van der Waals surface area contributed by atoms with E-state index < -0.39 is 26.3 Å². The maximum Gasteiger partial charge on any atom is 0.310 e. The molecule has 0 aromatic heterocycles. The lowest BCUT2D eigenvalue weighted by molar-refractivity contribution is -0.142. The van der Waals surface area contributed by atoms with Crippen LogP contribution in [0.15, 0.2) is 11.3 Å². The van der Waals surface area contributed by atoms with Crippen molar-refractivity contribution in [3.63, 3.8) is 0 Å². The zero-order valence-electron chi connectivity index (χ0n) is 16.5. The molecule has 0 spiro atoms. The molecule has 7 heteroatoms. The van der Waals surface area contributed by atoms with Gasteiger partial charge < -0.3 is 23.7 Å². The summed E-state index contributed by atoms with van der Waals surface area (Å²) in [6, 6.07) is 0. The van der Waals surface area contributed by atoms with E-state index in [1.807, 2.05) is 0 Å². The third kappa shape index (κ3) is 4.10. The van der Waals surface area contributed by atoms with Crippen LogP contribution in [-0.2, 0) is 23.4 Å². The average Bonchev–Trinajstić information content (AvgIpc) is 2.90. The third-order valence-electron chi connectivity index (χ3n) is 5.50. The van der Waals surface area contributed by atoms with Gasteiger partial charge in [-0.3, -0.25) is 4.79 Å². The largest absolute Gasteiger partial charge is 0.544 e. The molecule has 6 nitrogen and oxygen atoms in total. The molecular weight excluding hydrogens is 340 g/mol. The highest BCUT2D eigenvalue weighted by Crippen LogP contribution is 2.50. The molecule has 0 amide bonds. The molecular formula is C18H32O6Si. The lowest BCUT2D eigenvalue weighted by atomic mass is 9.95. The molecule has 1 heterocycles. The average molecular weight is 373 g/mol. The number of hydrogen-bond acceptors (Lipinski definition) is 6. The van der Waals surface area contributed by atoms with E-state index in [1.54, 1.807) is 14.0 Å². The molecule has 25 heavy (non-hydrogen) atoms. The molecule has 1 unspecified atom stereocenters. The van der Waals surface area contributed by atoms with Crippen LogP contribution in [0.5, 0.6) is 0 Å². The second kappa shape index (κ2) is 7.02. The van der Waals surface area contributed by atoms with Crippen molar-refractivity contribution >= 4 is 14.3 Å². The van der Waals surface area contributed by atoms with Crippen molar-refractivity contribution in [3.05, 3.63) is 11.3 Å². The Morgan fingerprint density at radius 2 is 2.04 bits per heavy atom. The first-order valence-electron chi connectivity index (χ1n) is 8.90. The monoisotopic (exact) mass is 372 g/mol. The molecule has 1 aliphatic carbocycles. The SMILES string of the molecule is CCOC(=O)CC1=C(O[Si](C)(C)C(C)(C)C)C2O[C@@H](OC)C[C@@]2(O)C1. The molecule has 1 fully saturated rings. The summed E-state index contributed by atoms with van der Waals surface area (Å²) in [6.07, 6.45) is -0.212. The van der Waals surface area contributed by atoms with E-state index in [0.29, 0.717) is 25.2 Å². The molecule has 0 aromatic carbocycles. The fraction of sp³-hybridized carbons (Fsp3) is 0.833. The van der Waals surface area contributed by atoms with Crippen molar-refractivity contribution in [1.82, 2.24) is 0 Å². The van der Waals surface area contributed by atoms with E-state index in [2.05, 4.69) is 33.9 Å². The molecule has 2 aliphatic rings. The first-order chi connectivity index (χ1) is 11.4. The number of ether oxygens (including phenoxy) is 3. The molecule has 1 saturated heterocycles. The van der Waals surface area contributed by atoms with Crippen LogP contribution in [0.3, 0.4) is 0 Å². The minimum absolute atomic E-state index is 0.00496. The number of hydrogen-bond donors (Lipinski definition) is 1. The van der Waals surface area contributed by atoms with Crippen LogP contribution in [0.25, 0.3) is 0 Å². The molecule has 2 rings (SSSR count). The fourth-order valence-electron chi connectivity index (χ4n) is 3.06. The third-order valence-corrected chi connectivity index (χ3v) is 9.84. The molecule has 1 N–H and O–H groups in total. The summed E-state index contributed by atoms with van der Waals surface area (Å²) < 4.78 is 22.7. The fourth-order valence-corrected chi connectivity index (χ4v) is 4.17. The minimum atomic E-state index is -2.15. The maximum absolute atomic E-state index is 12.0. The first-order valence-corrected chi connectivity index (χ1v) is 11.8. The van der Waals surface area contributed by atoms with Crippen molar-refractivity contribution in [1.29, 1.82) is 0 Å². The Morgan fingerprint density at radius 3 is 2.56 bits per heavy atom. The van der Waals surface area contributed by atoms with Crippen LogP contribution in [0.1, 0.15) is 47.0 Å². The van der Waals surface area contributed by atoms with Crippen LogP contribution < -0.4 is 0 Å². The highest BCUT2D eigenvalue weighted by Gasteiger charge is 2.57. The van der Waals surface area contributed by atoms with Gasteiger partial charge in [-0.25, -0.2) is 0 Å². The Hall–Kier alpha value is -0.893. The predicted molar refractivity (Wildman–Crippen MR) is 96.4 cm³/mol. The summed E-state index contributed by atoms with van der Waals surface area (Å²) in [4.78, 5) is 12.0. The Balaban J connectivity index is 2.33. The van der Waals surface area contributed by atoms with Crippen molar-refractivity contribution < 1.29 is 28.5 Å². The minimum Gasteiger partial charge on any atom is -0.544 e. The normalized spacial score (nSPS) is 29.8. The number of esters is 1. The number of carbonyl (C=O) groups is 1. The molecule has 0 radical (unpaired) electrons. The molecule has 0 saturated carbocycles. The number of methoxy groups -OCH3 is 1.